The first-order valence-electron chi connectivity index (χ1n) is 14.2. The van der Waals surface area contributed by atoms with Crippen LogP contribution in [0.5, 0.6) is 5.75 Å². The van der Waals surface area contributed by atoms with Gasteiger partial charge in [0.05, 0.1) is 19.2 Å². The quantitative estimate of drug-likeness (QED) is 0.0868. The first kappa shape index (κ1) is 33.0. The van der Waals surface area contributed by atoms with E-state index in [0.717, 1.165) is 50.2 Å². The van der Waals surface area contributed by atoms with Gasteiger partial charge in [-0.1, -0.05) is 99.2 Å². The van der Waals surface area contributed by atoms with Crippen LogP contribution in [-0.4, -0.2) is 16.4 Å². The van der Waals surface area contributed by atoms with E-state index in [4.69, 9.17) is 4.43 Å². The van der Waals surface area contributed by atoms with Gasteiger partial charge in [-0.15, -0.1) is 0 Å². The predicted molar refractivity (Wildman–Crippen MR) is 150 cm³/mol. The third-order valence-corrected chi connectivity index (χ3v) is 23.1. The summed E-state index contributed by atoms with van der Waals surface area (Å²) in [6.07, 6.45) is 5.12. The Hall–Kier alpha value is -1.23. The van der Waals surface area contributed by atoms with E-state index in [9.17, 15) is 13.2 Å². The number of unbranched alkanes of at least 4 members (excludes halogenated alkanes) is 3. The van der Waals surface area contributed by atoms with E-state index in [0.29, 0.717) is 11.7 Å². The number of fused-ring (bicyclic) bond motifs is 1. The lowest BCUT2D eigenvalue weighted by Gasteiger charge is -2.46. The first-order valence-corrected chi connectivity index (χ1v) is 19.4. The molecule has 0 bridgehead atoms. The van der Waals surface area contributed by atoms with Gasteiger partial charge in [0.25, 0.3) is 14.2 Å². The third kappa shape index (κ3) is 6.73. The van der Waals surface area contributed by atoms with Crippen molar-refractivity contribution in [2.75, 3.05) is 0 Å². The van der Waals surface area contributed by atoms with Gasteiger partial charge in [0.15, 0.2) is 17.4 Å². The zero-order chi connectivity index (χ0) is 29.1. The smallest absolute Gasteiger partial charge is 0.299 e. The summed E-state index contributed by atoms with van der Waals surface area (Å²) >= 11 is 0. The Morgan fingerprint density at radius 1 is 0.868 bits per heavy atom. The molecule has 0 aliphatic heterocycles. The summed E-state index contributed by atoms with van der Waals surface area (Å²) in [6, 6.07) is 3.42. The van der Waals surface area contributed by atoms with E-state index in [1.54, 1.807) is 0 Å². The molecule has 9 heteroatoms. The van der Waals surface area contributed by atoms with Gasteiger partial charge in [-0.25, -0.2) is 13.2 Å². The largest absolute Gasteiger partial charge is 0.541 e. The van der Waals surface area contributed by atoms with Crippen LogP contribution < -0.4 is 4.43 Å². The molecular formula is C29H46F6OSi2. The molecule has 0 heterocycles. The number of hydrogen-bond acceptors (Lipinski definition) is 1. The molecule has 0 fully saturated rings. The van der Waals surface area contributed by atoms with Crippen molar-refractivity contribution in [3.63, 3.8) is 0 Å². The van der Waals surface area contributed by atoms with E-state index in [1.165, 1.54) is 0 Å². The standard InChI is InChI=1S/C29H46F6OSi2/c1-9-13-14-15-16-28(7,8)18-38(20(5)6,19-37(10-2,11-3)12-4)36-27-23-22(21(30)17-29(23,34)35)24(31)25(32)26(27)33/h17,20H,9-16,18-19H2,1-8H3. The van der Waals surface area contributed by atoms with Crippen LogP contribution in [0.2, 0.25) is 35.4 Å². The fourth-order valence-electron chi connectivity index (χ4n) is 6.13. The first-order chi connectivity index (χ1) is 17.6. The van der Waals surface area contributed by atoms with Gasteiger partial charge in [-0.3, -0.25) is 0 Å². The Morgan fingerprint density at radius 3 is 1.95 bits per heavy atom. The van der Waals surface area contributed by atoms with E-state index in [-0.39, 0.29) is 17.0 Å². The van der Waals surface area contributed by atoms with Crippen molar-refractivity contribution >= 4 is 22.2 Å². The SMILES string of the molecule is CCCCCCC(C)(C)C[Si](C[Si](CC)(CC)CC)(Oc1c(F)c(F)c(F)c2c1C(F)(F)C=C2F)C(C)C. The van der Waals surface area contributed by atoms with Crippen LogP contribution in [0.4, 0.5) is 26.3 Å². The summed E-state index contributed by atoms with van der Waals surface area (Å²) in [5.74, 6) is -12.3. The van der Waals surface area contributed by atoms with E-state index >= 15 is 13.2 Å². The van der Waals surface area contributed by atoms with Gasteiger partial charge in [-0.05, 0) is 29.1 Å². The van der Waals surface area contributed by atoms with Crippen LogP contribution in [0, 0.1) is 22.9 Å². The van der Waals surface area contributed by atoms with Crippen LogP contribution in [0.1, 0.15) is 98.6 Å². The third-order valence-electron chi connectivity index (χ3n) is 8.93. The second-order valence-electron chi connectivity index (χ2n) is 12.3. The molecule has 1 atom stereocenters. The number of rotatable bonds is 15. The van der Waals surface area contributed by atoms with Crippen molar-refractivity contribution in [2.24, 2.45) is 5.41 Å². The molecule has 1 aliphatic rings. The van der Waals surface area contributed by atoms with Gasteiger partial charge in [-0.2, -0.15) is 13.2 Å². The molecule has 0 saturated heterocycles. The van der Waals surface area contributed by atoms with Crippen LogP contribution in [0.3, 0.4) is 0 Å². The fraction of sp³-hybridized carbons (Fsp3) is 0.724. The summed E-state index contributed by atoms with van der Waals surface area (Å²) in [6.45, 7) is 16.7. The Morgan fingerprint density at radius 2 is 1.45 bits per heavy atom. The summed E-state index contributed by atoms with van der Waals surface area (Å²) < 4.78 is 95.7. The van der Waals surface area contributed by atoms with Gasteiger partial charge >= 0.3 is 0 Å². The molecule has 1 aliphatic carbocycles. The second-order valence-corrected chi connectivity index (χ2v) is 22.7. The molecule has 0 spiro atoms. The molecule has 2 rings (SSSR count). The summed E-state index contributed by atoms with van der Waals surface area (Å²) in [4.78, 5) is 0. The minimum absolute atomic E-state index is 0.0774. The lowest BCUT2D eigenvalue weighted by Crippen LogP contribution is -2.55. The van der Waals surface area contributed by atoms with Crippen LogP contribution in [-0.2, 0) is 5.92 Å². The molecule has 0 radical (unpaired) electrons. The Labute approximate surface area is 227 Å². The molecule has 1 aromatic carbocycles. The molecule has 0 amide bonds. The number of allylic oxidation sites excluding steroid dienone is 1. The molecule has 1 unspecified atom stereocenters. The number of benzene rings is 1. The molecule has 1 aromatic rings. The molecule has 218 valence electrons. The summed E-state index contributed by atoms with van der Waals surface area (Å²) in [5, 5.41) is 0. The van der Waals surface area contributed by atoms with Crippen LogP contribution in [0.15, 0.2) is 6.08 Å². The van der Waals surface area contributed by atoms with Crippen molar-refractivity contribution in [3.05, 3.63) is 34.7 Å². The van der Waals surface area contributed by atoms with Gasteiger partial charge < -0.3 is 4.43 Å². The number of halogens is 6. The zero-order valence-electron chi connectivity index (χ0n) is 24.4. The maximum absolute atomic E-state index is 15.4. The van der Waals surface area contributed by atoms with Crippen molar-refractivity contribution in [3.8, 4) is 5.75 Å². The average molecular weight is 581 g/mol. The second kappa shape index (κ2) is 12.5. The monoisotopic (exact) mass is 580 g/mol. The van der Waals surface area contributed by atoms with Crippen molar-refractivity contribution in [2.45, 2.75) is 129 Å². The average Bonchev–Trinajstić information content (AvgIpc) is 3.09. The fourth-order valence-corrected chi connectivity index (χ4v) is 21.2. The molecule has 38 heavy (non-hydrogen) atoms. The van der Waals surface area contributed by atoms with Crippen molar-refractivity contribution in [1.29, 1.82) is 0 Å². The summed E-state index contributed by atoms with van der Waals surface area (Å²) in [7, 11) is -5.12. The maximum atomic E-state index is 15.4. The van der Waals surface area contributed by atoms with Crippen molar-refractivity contribution in [1.82, 2.24) is 0 Å². The Balaban J connectivity index is 2.75. The van der Waals surface area contributed by atoms with E-state index in [2.05, 4.69) is 41.5 Å². The highest BCUT2D eigenvalue weighted by Crippen LogP contribution is 2.53. The van der Waals surface area contributed by atoms with Gasteiger partial charge in [0.1, 0.15) is 5.83 Å². The Kier molecular flexibility index (Phi) is 10.9. The van der Waals surface area contributed by atoms with Crippen molar-refractivity contribution < 1.29 is 30.8 Å². The lowest BCUT2D eigenvalue weighted by atomic mass is 9.89. The number of hydrogen-bond donors (Lipinski definition) is 0. The molecule has 0 N–H and O–H groups in total. The zero-order valence-corrected chi connectivity index (χ0v) is 26.4. The molecule has 1 nitrogen and oxygen atoms in total. The maximum Gasteiger partial charge on any atom is 0.299 e. The molecule has 0 saturated carbocycles. The highest BCUT2D eigenvalue weighted by atomic mass is 28.4. The van der Waals surface area contributed by atoms with Gasteiger partial charge in [0, 0.05) is 6.08 Å². The minimum Gasteiger partial charge on any atom is -0.541 e. The van der Waals surface area contributed by atoms with E-state index in [1.807, 2.05) is 13.8 Å². The summed E-state index contributed by atoms with van der Waals surface area (Å²) in [5.41, 5.74) is -2.11. The van der Waals surface area contributed by atoms with Gasteiger partial charge in [0.2, 0.25) is 5.82 Å². The normalized spacial score (nSPS) is 17.0. The molecule has 0 aromatic heterocycles. The Bertz CT molecular complexity index is 995. The topological polar surface area (TPSA) is 9.23 Å². The minimum atomic E-state index is -4.01. The lowest BCUT2D eigenvalue weighted by molar-refractivity contribution is 0.0525. The predicted octanol–water partition coefficient (Wildman–Crippen LogP) is 11.3. The highest BCUT2D eigenvalue weighted by Gasteiger charge is 2.53. The molecular weight excluding hydrogens is 534 g/mol. The van der Waals surface area contributed by atoms with E-state index < -0.39 is 62.5 Å². The number of alkyl halides is 2. The van der Waals surface area contributed by atoms with Crippen LogP contribution in [0.25, 0.3) is 5.83 Å². The van der Waals surface area contributed by atoms with Crippen LogP contribution >= 0.6 is 0 Å². The highest BCUT2D eigenvalue weighted by molar-refractivity contribution is 6.95.